The fourth-order valence-electron chi connectivity index (χ4n) is 3.93. The minimum atomic E-state index is -3.21. The van der Waals surface area contributed by atoms with E-state index in [1.165, 1.54) is 6.26 Å². The number of nitrogens with zero attached hydrogens (tertiary/aromatic N) is 4. The zero-order chi connectivity index (χ0) is 18.0. The molecule has 25 heavy (non-hydrogen) atoms. The predicted molar refractivity (Wildman–Crippen MR) is 98.3 cm³/mol. The summed E-state index contributed by atoms with van der Waals surface area (Å²) in [4.78, 5) is 18.8. The molecule has 1 saturated heterocycles. The molecular weight excluding hydrogens is 340 g/mol. The molecule has 7 nitrogen and oxygen atoms in total. The minimum absolute atomic E-state index is 0.0300. The molecule has 0 bridgehead atoms. The fraction of sp³-hybridized carbons (Fsp3) is 0.765. The lowest BCUT2D eigenvalue weighted by Gasteiger charge is -2.40. The molecule has 1 aromatic rings. The molecule has 8 heteroatoms. The maximum absolute atomic E-state index is 12.5. The smallest absolute Gasteiger partial charge is 0.293 e. The topological polar surface area (TPSA) is 75.5 Å². The van der Waals surface area contributed by atoms with Crippen LogP contribution in [0.4, 0.5) is 5.82 Å². The van der Waals surface area contributed by atoms with E-state index in [0.29, 0.717) is 18.9 Å². The van der Waals surface area contributed by atoms with E-state index in [4.69, 9.17) is 0 Å². The monoisotopic (exact) mass is 368 g/mol. The Labute approximate surface area is 149 Å². The van der Waals surface area contributed by atoms with Gasteiger partial charge in [0.2, 0.25) is 10.0 Å². The third kappa shape index (κ3) is 3.89. The fourth-order valence-corrected chi connectivity index (χ4v) is 5.43. The van der Waals surface area contributed by atoms with Crippen LogP contribution in [-0.4, -0.2) is 53.7 Å². The summed E-state index contributed by atoms with van der Waals surface area (Å²) in [7, 11) is -3.21. The van der Waals surface area contributed by atoms with Crippen molar-refractivity contribution >= 4 is 15.8 Å². The first-order valence-corrected chi connectivity index (χ1v) is 11.1. The Bertz CT molecular complexity index is 757. The molecule has 1 aliphatic carbocycles. The van der Waals surface area contributed by atoms with E-state index in [9.17, 15) is 13.2 Å². The van der Waals surface area contributed by atoms with Gasteiger partial charge in [-0.05, 0) is 39.0 Å². The average molecular weight is 369 g/mol. The van der Waals surface area contributed by atoms with Gasteiger partial charge in [0.25, 0.3) is 5.56 Å². The van der Waals surface area contributed by atoms with Crippen LogP contribution in [0.2, 0.25) is 0 Å². The van der Waals surface area contributed by atoms with E-state index in [-0.39, 0.29) is 17.6 Å². The lowest BCUT2D eigenvalue weighted by atomic mass is 9.91. The molecule has 1 atom stereocenters. The molecule has 0 spiro atoms. The van der Waals surface area contributed by atoms with Crippen LogP contribution in [0.15, 0.2) is 17.2 Å². The van der Waals surface area contributed by atoms with Gasteiger partial charge in [-0.3, -0.25) is 4.79 Å². The van der Waals surface area contributed by atoms with Gasteiger partial charge in [-0.2, -0.15) is 4.31 Å². The van der Waals surface area contributed by atoms with E-state index in [1.807, 2.05) is 11.8 Å². The first kappa shape index (κ1) is 18.4. The molecule has 1 aromatic heterocycles. The second-order valence-corrected chi connectivity index (χ2v) is 8.98. The SMILES string of the molecule is CCn1ccnc(N2CCC[C@@H](N(C3CCC3)S(C)(=O)=O)CC2)c1=O. The molecule has 1 saturated carbocycles. The number of aryl methyl sites for hydroxylation is 1. The van der Waals surface area contributed by atoms with Crippen LogP contribution >= 0.6 is 0 Å². The Balaban J connectivity index is 1.77. The molecule has 3 rings (SSSR count). The first-order chi connectivity index (χ1) is 11.9. The summed E-state index contributed by atoms with van der Waals surface area (Å²) in [6.07, 6.45) is 10.2. The molecule has 2 aliphatic rings. The summed E-state index contributed by atoms with van der Waals surface area (Å²) in [6, 6.07) is 0.195. The summed E-state index contributed by atoms with van der Waals surface area (Å²) in [5.41, 5.74) is -0.0672. The first-order valence-electron chi connectivity index (χ1n) is 9.20. The van der Waals surface area contributed by atoms with Crippen molar-refractivity contribution in [2.24, 2.45) is 0 Å². The van der Waals surface area contributed by atoms with Gasteiger partial charge in [0.15, 0.2) is 5.82 Å². The number of anilines is 1. The molecule has 0 radical (unpaired) electrons. The normalized spacial score (nSPS) is 22.7. The van der Waals surface area contributed by atoms with E-state index in [1.54, 1.807) is 21.3 Å². The Kier molecular flexibility index (Phi) is 5.48. The van der Waals surface area contributed by atoms with Crippen molar-refractivity contribution < 1.29 is 8.42 Å². The second kappa shape index (κ2) is 7.45. The molecule has 140 valence electrons. The van der Waals surface area contributed by atoms with Crippen molar-refractivity contribution in [3.05, 3.63) is 22.7 Å². The maximum atomic E-state index is 12.5. The van der Waals surface area contributed by atoms with Crippen molar-refractivity contribution in [3.8, 4) is 0 Å². The van der Waals surface area contributed by atoms with Crippen molar-refractivity contribution in [1.82, 2.24) is 13.9 Å². The molecule has 2 heterocycles. The van der Waals surface area contributed by atoms with E-state index < -0.39 is 10.0 Å². The molecular formula is C17H28N4O3S. The van der Waals surface area contributed by atoms with Gasteiger partial charge in [-0.25, -0.2) is 13.4 Å². The van der Waals surface area contributed by atoms with Crippen LogP contribution < -0.4 is 10.5 Å². The standard InChI is InChI=1S/C17H28N4O3S/c1-3-19-13-10-18-16(17(19)22)20-11-5-8-15(9-12-20)21(25(2,23)24)14-6-4-7-14/h10,13-15H,3-9,11-12H2,1-2H3/t15-/m1/s1. The van der Waals surface area contributed by atoms with Gasteiger partial charge in [0.1, 0.15) is 0 Å². The number of rotatable bonds is 5. The number of sulfonamides is 1. The van der Waals surface area contributed by atoms with Gasteiger partial charge in [0, 0.05) is 44.1 Å². The quantitative estimate of drug-likeness (QED) is 0.786. The lowest BCUT2D eigenvalue weighted by molar-refractivity contribution is 0.164. The van der Waals surface area contributed by atoms with E-state index in [0.717, 1.165) is 45.1 Å². The van der Waals surface area contributed by atoms with Crippen LogP contribution in [0.3, 0.4) is 0 Å². The van der Waals surface area contributed by atoms with Crippen LogP contribution in [-0.2, 0) is 16.6 Å². The number of hydrogen-bond donors (Lipinski definition) is 0. The third-order valence-electron chi connectivity index (χ3n) is 5.41. The largest absolute Gasteiger partial charge is 0.352 e. The maximum Gasteiger partial charge on any atom is 0.293 e. The summed E-state index contributed by atoms with van der Waals surface area (Å²) in [5.74, 6) is 0.486. The Morgan fingerprint density at radius 1 is 1.16 bits per heavy atom. The van der Waals surface area contributed by atoms with E-state index >= 15 is 0 Å². The highest BCUT2D eigenvalue weighted by Crippen LogP contribution is 2.32. The summed E-state index contributed by atoms with van der Waals surface area (Å²) in [5, 5.41) is 0. The molecule has 0 N–H and O–H groups in total. The Hall–Kier alpha value is -1.41. The Morgan fingerprint density at radius 2 is 1.84 bits per heavy atom. The van der Waals surface area contributed by atoms with Crippen molar-refractivity contribution in [2.75, 3.05) is 24.2 Å². The summed E-state index contributed by atoms with van der Waals surface area (Å²) in [6.45, 7) is 3.97. The van der Waals surface area contributed by atoms with Gasteiger partial charge in [-0.1, -0.05) is 6.42 Å². The molecule has 0 unspecified atom stereocenters. The lowest BCUT2D eigenvalue weighted by Crippen LogP contribution is -2.50. The third-order valence-corrected chi connectivity index (χ3v) is 6.77. The Morgan fingerprint density at radius 3 is 2.44 bits per heavy atom. The zero-order valence-corrected chi connectivity index (χ0v) is 15.9. The number of hydrogen-bond acceptors (Lipinski definition) is 5. The highest BCUT2D eigenvalue weighted by atomic mass is 32.2. The van der Waals surface area contributed by atoms with Gasteiger partial charge < -0.3 is 9.47 Å². The highest BCUT2D eigenvalue weighted by molar-refractivity contribution is 7.88. The molecule has 1 aliphatic heterocycles. The van der Waals surface area contributed by atoms with Gasteiger partial charge >= 0.3 is 0 Å². The van der Waals surface area contributed by atoms with E-state index in [2.05, 4.69) is 4.98 Å². The summed E-state index contributed by atoms with van der Waals surface area (Å²) < 4.78 is 28.0. The molecule has 0 aromatic carbocycles. The van der Waals surface area contributed by atoms with Gasteiger partial charge in [-0.15, -0.1) is 0 Å². The molecule has 0 amide bonds. The van der Waals surface area contributed by atoms with Crippen LogP contribution in [0.1, 0.15) is 45.4 Å². The van der Waals surface area contributed by atoms with Crippen LogP contribution in [0.25, 0.3) is 0 Å². The van der Waals surface area contributed by atoms with Crippen molar-refractivity contribution in [1.29, 1.82) is 0 Å². The van der Waals surface area contributed by atoms with Crippen LogP contribution in [0, 0.1) is 0 Å². The van der Waals surface area contributed by atoms with Crippen LogP contribution in [0.5, 0.6) is 0 Å². The highest BCUT2D eigenvalue weighted by Gasteiger charge is 2.37. The second-order valence-electron chi connectivity index (χ2n) is 7.09. The molecule has 2 fully saturated rings. The predicted octanol–water partition coefficient (Wildman–Crippen LogP) is 1.44. The van der Waals surface area contributed by atoms with Crippen molar-refractivity contribution in [3.63, 3.8) is 0 Å². The van der Waals surface area contributed by atoms with Gasteiger partial charge in [0.05, 0.1) is 6.26 Å². The zero-order valence-electron chi connectivity index (χ0n) is 15.1. The summed E-state index contributed by atoms with van der Waals surface area (Å²) >= 11 is 0. The van der Waals surface area contributed by atoms with Crippen molar-refractivity contribution in [2.45, 2.75) is 64.1 Å². The number of aromatic nitrogens is 2. The minimum Gasteiger partial charge on any atom is -0.352 e. The average Bonchev–Trinajstić information content (AvgIpc) is 2.75.